The van der Waals surface area contributed by atoms with E-state index in [-0.39, 0.29) is 6.61 Å². The summed E-state index contributed by atoms with van der Waals surface area (Å²) in [6.45, 7) is 2.61. The van der Waals surface area contributed by atoms with Gasteiger partial charge in [0.25, 0.3) is 0 Å². The van der Waals surface area contributed by atoms with Gasteiger partial charge < -0.3 is 10.1 Å². The maximum Gasteiger partial charge on any atom is 0.419 e. The van der Waals surface area contributed by atoms with Crippen LogP contribution < -0.4 is 5.32 Å². The average Bonchev–Trinajstić information content (AvgIpc) is 2.35. The van der Waals surface area contributed by atoms with Gasteiger partial charge in [-0.1, -0.05) is 24.9 Å². The molecule has 0 aliphatic heterocycles. The van der Waals surface area contributed by atoms with Gasteiger partial charge in [0.2, 0.25) is 0 Å². The first-order valence-corrected chi connectivity index (χ1v) is 5.47. The minimum atomic E-state index is -0.427. The lowest BCUT2D eigenvalue weighted by Gasteiger charge is -2.13. The maximum atomic E-state index is 11.3. The van der Waals surface area contributed by atoms with Gasteiger partial charge in [-0.3, -0.25) is 4.31 Å². The second-order valence-electron chi connectivity index (χ2n) is 3.22. The summed E-state index contributed by atoms with van der Waals surface area (Å²) in [6, 6.07) is 7.69. The minimum Gasteiger partial charge on any atom is -0.444 e. The van der Waals surface area contributed by atoms with E-state index in [0.717, 1.165) is 11.3 Å². The summed E-state index contributed by atoms with van der Waals surface area (Å²) < 4.78 is 6.27. The maximum absolute atomic E-state index is 11.3. The third kappa shape index (κ3) is 3.66. The number of benzene rings is 1. The van der Waals surface area contributed by atoms with Crippen LogP contribution in [-0.2, 0) is 11.3 Å². The van der Waals surface area contributed by atoms with Gasteiger partial charge in [0.05, 0.1) is 0 Å². The Hall–Kier alpha value is -1.36. The largest absolute Gasteiger partial charge is 0.444 e. The van der Waals surface area contributed by atoms with Gasteiger partial charge in [-0.25, -0.2) is 4.79 Å². The van der Waals surface area contributed by atoms with Gasteiger partial charge in [0.15, 0.2) is 0 Å². The van der Waals surface area contributed by atoms with Crippen molar-refractivity contribution >= 4 is 24.6 Å². The van der Waals surface area contributed by atoms with Crippen LogP contribution in [0.25, 0.3) is 0 Å². The Kier molecular flexibility index (Phi) is 4.98. The van der Waals surface area contributed by atoms with Crippen molar-refractivity contribution < 1.29 is 9.53 Å². The summed E-state index contributed by atoms with van der Waals surface area (Å²) in [7, 11) is 1.86. The van der Waals surface area contributed by atoms with Crippen LogP contribution in [0.4, 0.5) is 10.5 Å². The molecule has 1 aromatic rings. The molecule has 1 N–H and O–H groups in total. The minimum absolute atomic E-state index is 0.264. The van der Waals surface area contributed by atoms with Crippen LogP contribution in [0.3, 0.4) is 0 Å². The zero-order valence-corrected chi connectivity index (χ0v) is 10.3. The zero-order valence-electron chi connectivity index (χ0n) is 9.43. The van der Waals surface area contributed by atoms with E-state index in [1.54, 1.807) is 0 Å². The van der Waals surface area contributed by atoms with Crippen molar-refractivity contribution in [3.63, 3.8) is 0 Å². The van der Waals surface area contributed by atoms with Crippen molar-refractivity contribution in [2.45, 2.75) is 13.5 Å². The molecule has 0 aromatic heterocycles. The molecule has 0 saturated carbocycles. The Balaban J connectivity index is 2.45. The SMILES string of the molecule is CCN(S)C(=O)OCc1ccc(NC)cc1. The van der Waals surface area contributed by atoms with Gasteiger partial charge in [-0.05, 0) is 24.6 Å². The summed E-state index contributed by atoms with van der Waals surface area (Å²) in [4.78, 5) is 11.3. The topological polar surface area (TPSA) is 41.6 Å². The molecule has 0 saturated heterocycles. The molecule has 0 spiro atoms. The Morgan fingerprint density at radius 2 is 2.06 bits per heavy atom. The van der Waals surface area contributed by atoms with E-state index in [9.17, 15) is 4.79 Å². The number of amides is 1. The van der Waals surface area contributed by atoms with E-state index >= 15 is 0 Å². The molecule has 4 nitrogen and oxygen atoms in total. The lowest BCUT2D eigenvalue weighted by Crippen LogP contribution is -2.21. The van der Waals surface area contributed by atoms with Crippen LogP contribution in [0.15, 0.2) is 24.3 Å². The Bertz CT molecular complexity index is 340. The fourth-order valence-corrected chi connectivity index (χ4v) is 1.17. The summed E-state index contributed by atoms with van der Waals surface area (Å²) in [5.74, 6) is 0. The highest BCUT2D eigenvalue weighted by Gasteiger charge is 2.08. The van der Waals surface area contributed by atoms with Crippen molar-refractivity contribution in [2.75, 3.05) is 18.9 Å². The molecule has 1 amide bonds. The second kappa shape index (κ2) is 6.27. The summed E-state index contributed by atoms with van der Waals surface area (Å²) in [5.41, 5.74) is 1.98. The molecular formula is C11H16N2O2S. The fraction of sp³-hybridized carbons (Fsp3) is 0.364. The number of ether oxygens (including phenoxy) is 1. The van der Waals surface area contributed by atoms with Gasteiger partial charge in [-0.2, -0.15) is 0 Å². The monoisotopic (exact) mass is 240 g/mol. The van der Waals surface area contributed by atoms with Gasteiger partial charge in [-0.15, -0.1) is 0 Å². The van der Waals surface area contributed by atoms with E-state index in [2.05, 4.69) is 18.1 Å². The summed E-state index contributed by atoms with van der Waals surface area (Å²) in [5, 5.41) is 3.02. The lowest BCUT2D eigenvalue weighted by atomic mass is 10.2. The molecule has 0 unspecified atom stereocenters. The van der Waals surface area contributed by atoms with E-state index in [0.29, 0.717) is 6.54 Å². The molecule has 0 aliphatic rings. The molecule has 0 aliphatic carbocycles. The molecule has 5 heteroatoms. The first kappa shape index (κ1) is 12.7. The van der Waals surface area contributed by atoms with E-state index < -0.39 is 6.09 Å². The van der Waals surface area contributed by atoms with Crippen molar-refractivity contribution in [3.05, 3.63) is 29.8 Å². The van der Waals surface area contributed by atoms with Crippen LogP contribution >= 0.6 is 12.8 Å². The average molecular weight is 240 g/mol. The number of carbonyl (C=O) groups excluding carboxylic acids is 1. The lowest BCUT2D eigenvalue weighted by molar-refractivity contribution is 0.123. The Morgan fingerprint density at radius 1 is 1.44 bits per heavy atom. The van der Waals surface area contributed by atoms with Crippen LogP contribution in [0.5, 0.6) is 0 Å². The number of nitrogens with zero attached hydrogens (tertiary/aromatic N) is 1. The van der Waals surface area contributed by atoms with Crippen LogP contribution in [0.1, 0.15) is 12.5 Å². The number of hydrogen-bond acceptors (Lipinski definition) is 4. The molecule has 0 atom stereocenters. The number of hydrogen-bond donors (Lipinski definition) is 2. The van der Waals surface area contributed by atoms with Crippen LogP contribution in [0.2, 0.25) is 0 Å². The van der Waals surface area contributed by atoms with Crippen molar-refractivity contribution in [1.29, 1.82) is 0 Å². The fourth-order valence-electron chi connectivity index (χ4n) is 1.12. The zero-order chi connectivity index (χ0) is 12.0. The molecular weight excluding hydrogens is 224 g/mol. The standard InChI is InChI=1S/C11H16N2O2S/c1-3-13(16)11(14)15-8-9-4-6-10(12-2)7-5-9/h4-7,12,16H,3,8H2,1-2H3. The van der Waals surface area contributed by atoms with Gasteiger partial charge >= 0.3 is 6.09 Å². The van der Waals surface area contributed by atoms with Gasteiger partial charge in [0, 0.05) is 19.3 Å². The third-order valence-corrected chi connectivity index (χ3v) is 2.56. The molecule has 0 bridgehead atoms. The number of nitrogens with one attached hydrogen (secondary N) is 1. The molecule has 0 heterocycles. The highest BCUT2D eigenvalue weighted by Crippen LogP contribution is 2.10. The number of carbonyl (C=O) groups is 1. The quantitative estimate of drug-likeness (QED) is 0.795. The number of rotatable bonds is 4. The molecule has 0 radical (unpaired) electrons. The highest BCUT2D eigenvalue weighted by atomic mass is 32.1. The van der Waals surface area contributed by atoms with Crippen molar-refractivity contribution in [2.24, 2.45) is 0 Å². The predicted octanol–water partition coefficient (Wildman–Crippen LogP) is 2.53. The number of thiol groups is 1. The molecule has 0 fully saturated rings. The first-order valence-electron chi connectivity index (χ1n) is 5.07. The normalized spacial score (nSPS) is 9.69. The first-order chi connectivity index (χ1) is 7.67. The molecule has 88 valence electrons. The summed E-state index contributed by atoms with van der Waals surface area (Å²) in [6.07, 6.45) is -0.427. The molecule has 1 rings (SSSR count). The molecule has 16 heavy (non-hydrogen) atoms. The molecule has 1 aromatic carbocycles. The van der Waals surface area contributed by atoms with E-state index in [1.807, 2.05) is 38.2 Å². The van der Waals surface area contributed by atoms with Crippen molar-refractivity contribution in [3.8, 4) is 0 Å². The summed E-state index contributed by atoms with van der Waals surface area (Å²) >= 11 is 3.95. The highest BCUT2D eigenvalue weighted by molar-refractivity contribution is 7.78. The smallest absolute Gasteiger partial charge is 0.419 e. The van der Waals surface area contributed by atoms with Crippen LogP contribution in [-0.4, -0.2) is 24.0 Å². The number of anilines is 1. The van der Waals surface area contributed by atoms with Gasteiger partial charge in [0.1, 0.15) is 6.61 Å². The third-order valence-electron chi connectivity index (χ3n) is 2.12. The van der Waals surface area contributed by atoms with Crippen LogP contribution in [0, 0.1) is 0 Å². The van der Waals surface area contributed by atoms with Crippen molar-refractivity contribution in [1.82, 2.24) is 4.31 Å². The van der Waals surface area contributed by atoms with E-state index in [4.69, 9.17) is 4.74 Å². The second-order valence-corrected chi connectivity index (χ2v) is 3.70. The van der Waals surface area contributed by atoms with E-state index in [1.165, 1.54) is 4.31 Å². The Morgan fingerprint density at radius 3 is 2.56 bits per heavy atom. The Labute approximate surface area is 101 Å². The predicted molar refractivity (Wildman–Crippen MR) is 67.5 cm³/mol.